The molecule has 0 bridgehead atoms. The van der Waals surface area contributed by atoms with E-state index in [0.717, 1.165) is 12.0 Å². The summed E-state index contributed by atoms with van der Waals surface area (Å²) in [6, 6.07) is 19.6. The van der Waals surface area contributed by atoms with Crippen molar-refractivity contribution >= 4 is 5.91 Å². The number of amides is 1. The molecule has 0 fully saturated rings. The smallest absolute Gasteiger partial charge is 0.227 e. The lowest BCUT2D eigenvalue weighted by atomic mass is 10.1. The monoisotopic (exact) mass is 403 g/mol. The number of nitrogens with one attached hydrogen (secondary N) is 1. The minimum atomic E-state index is -0.148. The fourth-order valence-electron chi connectivity index (χ4n) is 2.91. The van der Waals surface area contributed by atoms with Gasteiger partial charge in [-0.1, -0.05) is 71.0 Å². The zero-order valence-corrected chi connectivity index (χ0v) is 16.3. The van der Waals surface area contributed by atoms with Crippen molar-refractivity contribution in [1.82, 2.24) is 25.6 Å². The molecule has 0 atom stereocenters. The number of benzene rings is 2. The Bertz CT molecular complexity index is 1080. The van der Waals surface area contributed by atoms with Crippen LogP contribution in [-0.2, 0) is 30.6 Å². The van der Waals surface area contributed by atoms with Crippen molar-refractivity contribution in [2.75, 3.05) is 0 Å². The summed E-state index contributed by atoms with van der Waals surface area (Å²) in [5, 5.41) is 10.6. The number of hydrogen-bond donors (Lipinski definition) is 1. The lowest BCUT2D eigenvalue weighted by molar-refractivity contribution is -0.121. The number of aromatic nitrogens is 4. The maximum Gasteiger partial charge on any atom is 0.227 e. The van der Waals surface area contributed by atoms with Crippen molar-refractivity contribution in [3.8, 4) is 11.4 Å². The van der Waals surface area contributed by atoms with Gasteiger partial charge in [0.15, 0.2) is 5.82 Å². The Kier molecular flexibility index (Phi) is 6.24. The molecule has 0 aliphatic carbocycles. The minimum absolute atomic E-state index is 0.148. The molecule has 8 nitrogen and oxygen atoms in total. The van der Waals surface area contributed by atoms with Crippen LogP contribution in [0.5, 0.6) is 0 Å². The standard InChI is InChI=1S/C22H21N5O3/c28-19(12-14-21-25-22(27-30-21)17-9-5-2-6-10-17)23-15-18-24-20(29-26-18)13-11-16-7-3-1-4-8-16/h1-10H,11-15H2,(H,23,28). The lowest BCUT2D eigenvalue weighted by Gasteiger charge is -2.00. The fourth-order valence-corrected chi connectivity index (χ4v) is 2.91. The molecule has 0 unspecified atom stereocenters. The summed E-state index contributed by atoms with van der Waals surface area (Å²) < 4.78 is 10.5. The summed E-state index contributed by atoms with van der Waals surface area (Å²) >= 11 is 0. The van der Waals surface area contributed by atoms with Gasteiger partial charge in [0.1, 0.15) is 0 Å². The van der Waals surface area contributed by atoms with Crippen LogP contribution >= 0.6 is 0 Å². The van der Waals surface area contributed by atoms with E-state index in [2.05, 4.69) is 37.7 Å². The Labute approximate surface area is 173 Å². The summed E-state index contributed by atoms with van der Waals surface area (Å²) in [6.45, 7) is 0.215. The van der Waals surface area contributed by atoms with Gasteiger partial charge in [-0.05, 0) is 12.0 Å². The number of aryl methyl sites for hydroxylation is 3. The summed E-state index contributed by atoms with van der Waals surface area (Å²) in [5.74, 6) is 1.80. The van der Waals surface area contributed by atoms with E-state index in [0.29, 0.717) is 36.3 Å². The molecule has 4 aromatic rings. The van der Waals surface area contributed by atoms with Gasteiger partial charge in [-0.3, -0.25) is 4.79 Å². The quantitative estimate of drug-likeness (QED) is 0.457. The first-order chi connectivity index (χ1) is 14.8. The van der Waals surface area contributed by atoms with Crippen molar-refractivity contribution in [2.45, 2.75) is 32.2 Å². The Morgan fingerprint density at radius 3 is 2.30 bits per heavy atom. The van der Waals surface area contributed by atoms with Crippen LogP contribution in [0.4, 0.5) is 0 Å². The van der Waals surface area contributed by atoms with Crippen LogP contribution < -0.4 is 5.32 Å². The Morgan fingerprint density at radius 2 is 1.50 bits per heavy atom. The van der Waals surface area contributed by atoms with E-state index >= 15 is 0 Å². The van der Waals surface area contributed by atoms with E-state index < -0.39 is 0 Å². The molecule has 30 heavy (non-hydrogen) atoms. The molecule has 1 amide bonds. The van der Waals surface area contributed by atoms with E-state index in [1.807, 2.05) is 48.5 Å². The first kappa shape index (κ1) is 19.5. The highest BCUT2D eigenvalue weighted by Crippen LogP contribution is 2.15. The molecule has 0 saturated heterocycles. The van der Waals surface area contributed by atoms with E-state index in [-0.39, 0.29) is 18.9 Å². The van der Waals surface area contributed by atoms with E-state index in [9.17, 15) is 4.79 Å². The molecule has 1 N–H and O–H groups in total. The second kappa shape index (κ2) is 9.60. The van der Waals surface area contributed by atoms with Gasteiger partial charge in [-0.25, -0.2) is 0 Å². The molecule has 0 spiro atoms. The van der Waals surface area contributed by atoms with Gasteiger partial charge in [0.25, 0.3) is 0 Å². The highest BCUT2D eigenvalue weighted by molar-refractivity contribution is 5.75. The lowest BCUT2D eigenvalue weighted by Crippen LogP contribution is -2.23. The maximum absolute atomic E-state index is 12.1. The number of hydrogen-bond acceptors (Lipinski definition) is 7. The molecule has 2 heterocycles. The van der Waals surface area contributed by atoms with Gasteiger partial charge in [-0.15, -0.1) is 0 Å². The summed E-state index contributed by atoms with van der Waals surface area (Å²) in [7, 11) is 0. The van der Waals surface area contributed by atoms with Crippen LogP contribution in [0.3, 0.4) is 0 Å². The van der Waals surface area contributed by atoms with Gasteiger partial charge < -0.3 is 14.4 Å². The third kappa shape index (κ3) is 5.38. The Hall–Kier alpha value is -3.81. The molecule has 2 aromatic heterocycles. The molecule has 0 aliphatic heterocycles. The highest BCUT2D eigenvalue weighted by Gasteiger charge is 2.12. The maximum atomic E-state index is 12.1. The fraction of sp³-hybridized carbons (Fsp3) is 0.227. The van der Waals surface area contributed by atoms with E-state index in [1.165, 1.54) is 5.56 Å². The van der Waals surface area contributed by atoms with Crippen LogP contribution in [0.1, 0.15) is 29.6 Å². The van der Waals surface area contributed by atoms with Gasteiger partial charge in [-0.2, -0.15) is 9.97 Å². The number of rotatable bonds is 9. The molecular formula is C22H21N5O3. The van der Waals surface area contributed by atoms with E-state index in [1.54, 1.807) is 0 Å². The number of carbonyl (C=O) groups is 1. The SMILES string of the molecule is O=C(CCc1nc(-c2ccccc2)no1)NCc1noc(CCc2ccccc2)n1. The zero-order chi connectivity index (χ0) is 20.6. The number of nitrogens with zero attached hydrogens (tertiary/aromatic N) is 4. The third-order valence-electron chi connectivity index (χ3n) is 4.49. The molecular weight excluding hydrogens is 382 g/mol. The number of carbonyl (C=O) groups excluding carboxylic acids is 1. The second-order valence-corrected chi connectivity index (χ2v) is 6.74. The van der Waals surface area contributed by atoms with Crippen LogP contribution in [-0.4, -0.2) is 26.2 Å². The van der Waals surface area contributed by atoms with Crippen molar-refractivity contribution in [3.05, 3.63) is 83.8 Å². The normalized spacial score (nSPS) is 10.8. The molecule has 4 rings (SSSR count). The van der Waals surface area contributed by atoms with Crippen molar-refractivity contribution in [1.29, 1.82) is 0 Å². The van der Waals surface area contributed by atoms with E-state index in [4.69, 9.17) is 9.05 Å². The predicted molar refractivity (Wildman–Crippen MR) is 108 cm³/mol. The average molecular weight is 403 g/mol. The first-order valence-electron chi connectivity index (χ1n) is 9.76. The molecule has 0 radical (unpaired) electrons. The molecule has 0 aliphatic rings. The summed E-state index contributed by atoms with van der Waals surface area (Å²) in [6.07, 6.45) is 2.07. The Balaban J connectivity index is 1.20. The molecule has 152 valence electrons. The molecule has 0 saturated carbocycles. The van der Waals surface area contributed by atoms with Gasteiger partial charge >= 0.3 is 0 Å². The van der Waals surface area contributed by atoms with Crippen molar-refractivity contribution in [2.24, 2.45) is 0 Å². The van der Waals surface area contributed by atoms with Gasteiger partial charge in [0, 0.05) is 24.8 Å². The minimum Gasteiger partial charge on any atom is -0.349 e. The van der Waals surface area contributed by atoms with Crippen LogP contribution in [0.15, 0.2) is 69.7 Å². The van der Waals surface area contributed by atoms with Crippen LogP contribution in [0.25, 0.3) is 11.4 Å². The topological polar surface area (TPSA) is 107 Å². The van der Waals surface area contributed by atoms with Gasteiger partial charge in [0.05, 0.1) is 6.54 Å². The first-order valence-corrected chi connectivity index (χ1v) is 9.76. The van der Waals surface area contributed by atoms with Gasteiger partial charge in [0.2, 0.25) is 23.5 Å². The average Bonchev–Trinajstić information content (AvgIpc) is 3.46. The van der Waals surface area contributed by atoms with Crippen LogP contribution in [0, 0.1) is 0 Å². The van der Waals surface area contributed by atoms with Crippen LogP contribution in [0.2, 0.25) is 0 Å². The highest BCUT2D eigenvalue weighted by atomic mass is 16.5. The third-order valence-corrected chi connectivity index (χ3v) is 4.49. The molecule has 2 aromatic carbocycles. The molecule has 8 heteroatoms. The van der Waals surface area contributed by atoms with Crippen molar-refractivity contribution < 1.29 is 13.8 Å². The van der Waals surface area contributed by atoms with Crippen molar-refractivity contribution in [3.63, 3.8) is 0 Å². The largest absolute Gasteiger partial charge is 0.349 e. The Morgan fingerprint density at radius 1 is 0.800 bits per heavy atom. The predicted octanol–water partition coefficient (Wildman–Crippen LogP) is 3.15. The second-order valence-electron chi connectivity index (χ2n) is 6.74. The summed E-state index contributed by atoms with van der Waals surface area (Å²) in [5.41, 5.74) is 2.08. The summed E-state index contributed by atoms with van der Waals surface area (Å²) in [4.78, 5) is 20.7. The zero-order valence-electron chi connectivity index (χ0n) is 16.3.